The second kappa shape index (κ2) is 4.71. The number of nitrogen functional groups attached to an aromatic ring is 1. The van der Waals surface area contributed by atoms with Gasteiger partial charge in [-0.1, -0.05) is 22.0 Å². The van der Waals surface area contributed by atoms with E-state index in [1.807, 2.05) is 0 Å². The van der Waals surface area contributed by atoms with Gasteiger partial charge in [0.15, 0.2) is 0 Å². The number of carbonyl (C=O) groups is 2. The van der Waals surface area contributed by atoms with Gasteiger partial charge in [-0.2, -0.15) is 0 Å². The van der Waals surface area contributed by atoms with E-state index in [9.17, 15) is 9.59 Å². The molecule has 100 valence electrons. The van der Waals surface area contributed by atoms with Gasteiger partial charge in [-0.15, -0.1) is 0 Å². The number of amides is 2. The molecule has 0 aliphatic carbocycles. The SMILES string of the molecule is Nc1cccc2c1C(=O)N(c1ccc(Br)cc1Br)C2=O. The van der Waals surface area contributed by atoms with Gasteiger partial charge in [0.1, 0.15) is 0 Å². The molecule has 4 nitrogen and oxygen atoms in total. The molecule has 20 heavy (non-hydrogen) atoms. The van der Waals surface area contributed by atoms with E-state index in [-0.39, 0.29) is 11.5 Å². The monoisotopic (exact) mass is 394 g/mol. The second-order valence-electron chi connectivity index (χ2n) is 4.31. The Morgan fingerprint density at radius 1 is 1.00 bits per heavy atom. The molecule has 1 heterocycles. The lowest BCUT2D eigenvalue weighted by Crippen LogP contribution is -2.29. The van der Waals surface area contributed by atoms with Crippen molar-refractivity contribution < 1.29 is 9.59 Å². The van der Waals surface area contributed by atoms with Crippen molar-refractivity contribution in [2.75, 3.05) is 10.6 Å². The Hall–Kier alpha value is -1.66. The second-order valence-corrected chi connectivity index (χ2v) is 6.08. The van der Waals surface area contributed by atoms with Gasteiger partial charge in [-0.25, -0.2) is 4.90 Å². The number of hydrogen-bond acceptors (Lipinski definition) is 3. The topological polar surface area (TPSA) is 63.4 Å². The van der Waals surface area contributed by atoms with Crippen LogP contribution in [0, 0.1) is 0 Å². The summed E-state index contributed by atoms with van der Waals surface area (Å²) in [4.78, 5) is 26.0. The minimum atomic E-state index is -0.397. The van der Waals surface area contributed by atoms with Gasteiger partial charge in [-0.3, -0.25) is 9.59 Å². The van der Waals surface area contributed by atoms with E-state index in [0.29, 0.717) is 21.4 Å². The summed E-state index contributed by atoms with van der Waals surface area (Å²) in [6, 6.07) is 10.1. The number of anilines is 2. The number of nitrogens with two attached hydrogens (primary N) is 1. The van der Waals surface area contributed by atoms with Crippen molar-refractivity contribution in [2.24, 2.45) is 0 Å². The number of carbonyl (C=O) groups excluding carboxylic acids is 2. The third kappa shape index (κ3) is 1.87. The van der Waals surface area contributed by atoms with Crippen LogP contribution in [0.5, 0.6) is 0 Å². The molecule has 1 aliphatic rings. The Kier molecular flexibility index (Phi) is 3.14. The quantitative estimate of drug-likeness (QED) is 0.592. The molecule has 2 amide bonds. The molecule has 2 N–H and O–H groups in total. The number of halogens is 2. The van der Waals surface area contributed by atoms with Crippen LogP contribution >= 0.6 is 31.9 Å². The molecule has 0 saturated heterocycles. The maximum atomic E-state index is 12.5. The zero-order valence-electron chi connectivity index (χ0n) is 10.1. The van der Waals surface area contributed by atoms with Gasteiger partial charge < -0.3 is 5.73 Å². The maximum absolute atomic E-state index is 12.5. The highest BCUT2D eigenvalue weighted by Gasteiger charge is 2.38. The van der Waals surface area contributed by atoms with Gasteiger partial charge in [-0.05, 0) is 46.3 Å². The summed E-state index contributed by atoms with van der Waals surface area (Å²) in [5.74, 6) is -0.758. The first kappa shape index (κ1) is 13.3. The summed E-state index contributed by atoms with van der Waals surface area (Å²) in [6.07, 6.45) is 0. The van der Waals surface area contributed by atoms with E-state index < -0.39 is 5.91 Å². The highest BCUT2D eigenvalue weighted by atomic mass is 79.9. The van der Waals surface area contributed by atoms with Crippen molar-refractivity contribution in [1.82, 2.24) is 0 Å². The molecule has 0 aromatic heterocycles. The normalized spacial score (nSPS) is 13.8. The van der Waals surface area contributed by atoms with Crippen LogP contribution in [-0.2, 0) is 0 Å². The van der Waals surface area contributed by atoms with E-state index in [1.165, 1.54) is 0 Å². The van der Waals surface area contributed by atoms with E-state index in [1.54, 1.807) is 36.4 Å². The molecule has 0 spiro atoms. The number of benzene rings is 2. The summed E-state index contributed by atoms with van der Waals surface area (Å²) >= 11 is 6.70. The molecule has 0 radical (unpaired) electrons. The molecule has 0 atom stereocenters. The molecular weight excluding hydrogens is 388 g/mol. The number of fused-ring (bicyclic) bond motifs is 1. The number of rotatable bonds is 1. The molecule has 2 aromatic rings. The maximum Gasteiger partial charge on any atom is 0.268 e. The summed E-state index contributed by atoms with van der Waals surface area (Å²) in [7, 11) is 0. The lowest BCUT2D eigenvalue weighted by molar-refractivity contribution is 0.0926. The predicted molar refractivity (Wildman–Crippen MR) is 83.8 cm³/mol. The minimum absolute atomic E-state index is 0.271. The first-order chi connectivity index (χ1) is 9.50. The van der Waals surface area contributed by atoms with Gasteiger partial charge >= 0.3 is 0 Å². The van der Waals surface area contributed by atoms with Crippen molar-refractivity contribution >= 4 is 55.0 Å². The number of nitrogens with zero attached hydrogens (tertiary/aromatic N) is 1. The first-order valence-corrected chi connectivity index (χ1v) is 7.31. The van der Waals surface area contributed by atoms with Crippen molar-refractivity contribution in [2.45, 2.75) is 0 Å². The third-order valence-corrected chi connectivity index (χ3v) is 4.23. The zero-order valence-corrected chi connectivity index (χ0v) is 13.2. The Balaban J connectivity index is 2.17. The first-order valence-electron chi connectivity index (χ1n) is 5.73. The summed E-state index contributed by atoms with van der Waals surface area (Å²) < 4.78 is 1.50. The molecular formula is C14H8Br2N2O2. The molecule has 1 aliphatic heterocycles. The molecule has 2 aromatic carbocycles. The van der Waals surface area contributed by atoms with Crippen molar-refractivity contribution in [3.8, 4) is 0 Å². The van der Waals surface area contributed by atoms with Crippen LogP contribution in [0.2, 0.25) is 0 Å². The van der Waals surface area contributed by atoms with Crippen LogP contribution in [0.15, 0.2) is 45.3 Å². The Bertz CT molecular complexity index is 759. The Morgan fingerprint density at radius 3 is 2.40 bits per heavy atom. The zero-order chi connectivity index (χ0) is 14.4. The van der Waals surface area contributed by atoms with Crippen LogP contribution in [0.4, 0.5) is 11.4 Å². The predicted octanol–water partition coefficient (Wildman–Crippen LogP) is 3.59. The smallest absolute Gasteiger partial charge is 0.268 e. The van der Waals surface area contributed by atoms with Crippen molar-refractivity contribution in [3.63, 3.8) is 0 Å². The molecule has 0 unspecified atom stereocenters. The van der Waals surface area contributed by atoms with Gasteiger partial charge in [0.25, 0.3) is 11.8 Å². The van der Waals surface area contributed by atoms with E-state index in [2.05, 4.69) is 31.9 Å². The summed E-state index contributed by atoms with van der Waals surface area (Å²) in [5, 5.41) is 0. The standard InChI is InChI=1S/C14H8Br2N2O2/c15-7-4-5-11(9(16)6-7)18-13(19)8-2-1-3-10(17)12(8)14(18)20/h1-6H,17H2. The van der Waals surface area contributed by atoms with E-state index in [4.69, 9.17) is 5.73 Å². The fourth-order valence-electron chi connectivity index (χ4n) is 2.19. The van der Waals surface area contributed by atoms with Crippen LogP contribution < -0.4 is 10.6 Å². The lowest BCUT2D eigenvalue weighted by Gasteiger charge is -2.15. The third-order valence-electron chi connectivity index (χ3n) is 3.10. The van der Waals surface area contributed by atoms with Gasteiger partial charge in [0, 0.05) is 14.6 Å². The number of imide groups is 1. The van der Waals surface area contributed by atoms with Crippen LogP contribution in [0.3, 0.4) is 0 Å². The largest absolute Gasteiger partial charge is 0.398 e. The highest BCUT2D eigenvalue weighted by Crippen LogP contribution is 2.36. The average Bonchev–Trinajstić information content (AvgIpc) is 2.64. The molecule has 6 heteroatoms. The van der Waals surface area contributed by atoms with Gasteiger partial charge in [0.2, 0.25) is 0 Å². The van der Waals surface area contributed by atoms with Crippen LogP contribution in [0.25, 0.3) is 0 Å². The van der Waals surface area contributed by atoms with Crippen LogP contribution in [0.1, 0.15) is 20.7 Å². The van der Waals surface area contributed by atoms with Crippen molar-refractivity contribution in [1.29, 1.82) is 0 Å². The molecule has 3 rings (SSSR count). The summed E-state index contributed by atoms with van der Waals surface area (Å²) in [6.45, 7) is 0. The fraction of sp³-hybridized carbons (Fsp3) is 0. The Morgan fingerprint density at radius 2 is 1.75 bits per heavy atom. The molecule has 0 saturated carbocycles. The van der Waals surface area contributed by atoms with E-state index >= 15 is 0 Å². The van der Waals surface area contributed by atoms with Crippen molar-refractivity contribution in [3.05, 3.63) is 56.5 Å². The van der Waals surface area contributed by atoms with Gasteiger partial charge in [0.05, 0.1) is 16.8 Å². The fourth-order valence-corrected chi connectivity index (χ4v) is 3.42. The number of hydrogen-bond donors (Lipinski definition) is 1. The Labute approximate surface area is 131 Å². The lowest BCUT2D eigenvalue weighted by atomic mass is 10.1. The van der Waals surface area contributed by atoms with E-state index in [0.717, 1.165) is 9.37 Å². The van der Waals surface area contributed by atoms with Crippen LogP contribution in [-0.4, -0.2) is 11.8 Å². The molecule has 0 fully saturated rings. The minimum Gasteiger partial charge on any atom is -0.398 e. The highest BCUT2D eigenvalue weighted by molar-refractivity contribution is 9.11. The summed E-state index contributed by atoms with van der Waals surface area (Å²) in [5.41, 5.74) is 7.23. The molecule has 0 bridgehead atoms. The average molecular weight is 396 g/mol.